The Kier molecular flexibility index (Phi) is 3.40. The maximum absolute atomic E-state index is 12.1. The molecule has 0 radical (unpaired) electrons. The zero-order valence-electron chi connectivity index (χ0n) is 8.93. The summed E-state index contributed by atoms with van der Waals surface area (Å²) >= 11 is 1.26. The molecule has 0 aliphatic heterocycles. The first-order valence-corrected chi connectivity index (χ1v) is 6.23. The third kappa shape index (κ3) is 2.17. The summed E-state index contributed by atoms with van der Waals surface area (Å²) in [4.78, 5) is 17.8. The fourth-order valence-corrected chi connectivity index (χ4v) is 2.33. The number of carbonyl (C=O) groups is 1. The van der Waals surface area contributed by atoms with Crippen molar-refractivity contribution in [3.63, 3.8) is 0 Å². The van der Waals surface area contributed by atoms with E-state index >= 15 is 0 Å². The number of rotatable bonds is 4. The van der Waals surface area contributed by atoms with Gasteiger partial charge in [0.1, 0.15) is 5.69 Å². The summed E-state index contributed by atoms with van der Waals surface area (Å²) in [6.45, 7) is 0.364. The van der Waals surface area contributed by atoms with Crippen molar-refractivity contribution in [1.82, 2.24) is 9.88 Å². The van der Waals surface area contributed by atoms with E-state index in [1.165, 1.54) is 11.3 Å². The Morgan fingerprint density at radius 2 is 2.44 bits per heavy atom. The van der Waals surface area contributed by atoms with Crippen LogP contribution in [0.5, 0.6) is 0 Å². The number of thiazole rings is 1. The summed E-state index contributed by atoms with van der Waals surface area (Å²) in [5, 5.41) is 11.0. The molecule has 88 valence electrons. The maximum atomic E-state index is 12.1. The molecule has 1 aromatic heterocycles. The molecule has 1 aromatic rings. The van der Waals surface area contributed by atoms with Crippen LogP contribution in [0.2, 0.25) is 0 Å². The van der Waals surface area contributed by atoms with Gasteiger partial charge < -0.3 is 15.7 Å². The van der Waals surface area contributed by atoms with Crippen LogP contribution in [0.3, 0.4) is 0 Å². The van der Waals surface area contributed by atoms with Gasteiger partial charge >= 0.3 is 0 Å². The van der Waals surface area contributed by atoms with Crippen LogP contribution >= 0.6 is 11.3 Å². The van der Waals surface area contributed by atoms with Crippen LogP contribution in [0, 0.1) is 0 Å². The lowest BCUT2D eigenvalue weighted by Crippen LogP contribution is -2.45. The van der Waals surface area contributed by atoms with E-state index in [1.807, 2.05) is 0 Å². The van der Waals surface area contributed by atoms with Gasteiger partial charge in [0.2, 0.25) is 0 Å². The van der Waals surface area contributed by atoms with Gasteiger partial charge in [-0.3, -0.25) is 4.79 Å². The van der Waals surface area contributed by atoms with Gasteiger partial charge in [-0.15, -0.1) is 11.3 Å². The molecule has 0 aromatic carbocycles. The van der Waals surface area contributed by atoms with Crippen LogP contribution in [0.4, 0.5) is 5.13 Å². The van der Waals surface area contributed by atoms with Crippen molar-refractivity contribution in [2.24, 2.45) is 0 Å². The second-order valence-electron chi connectivity index (χ2n) is 3.88. The second kappa shape index (κ2) is 4.80. The van der Waals surface area contributed by atoms with Gasteiger partial charge in [0, 0.05) is 18.0 Å². The van der Waals surface area contributed by atoms with Crippen LogP contribution in [0.15, 0.2) is 5.38 Å². The predicted octanol–water partition coefficient (Wildman–Crippen LogP) is 0.712. The van der Waals surface area contributed by atoms with E-state index in [0.717, 1.165) is 19.3 Å². The van der Waals surface area contributed by atoms with Gasteiger partial charge in [0.15, 0.2) is 5.13 Å². The first-order valence-electron chi connectivity index (χ1n) is 5.35. The summed E-state index contributed by atoms with van der Waals surface area (Å²) in [5.41, 5.74) is 5.89. The van der Waals surface area contributed by atoms with Crippen molar-refractivity contribution in [1.29, 1.82) is 0 Å². The lowest BCUT2D eigenvalue weighted by Gasteiger charge is -2.36. The van der Waals surface area contributed by atoms with E-state index < -0.39 is 0 Å². The van der Waals surface area contributed by atoms with E-state index in [1.54, 1.807) is 10.3 Å². The highest BCUT2D eigenvalue weighted by atomic mass is 32.1. The topological polar surface area (TPSA) is 79.5 Å². The number of anilines is 1. The van der Waals surface area contributed by atoms with Gasteiger partial charge in [-0.05, 0) is 19.3 Å². The fraction of sp³-hybridized carbons (Fsp3) is 0.600. The molecule has 3 N–H and O–H groups in total. The third-order valence-corrected chi connectivity index (χ3v) is 3.53. The van der Waals surface area contributed by atoms with Gasteiger partial charge in [-0.2, -0.15) is 0 Å². The highest BCUT2D eigenvalue weighted by Gasteiger charge is 2.29. The summed E-state index contributed by atoms with van der Waals surface area (Å²) < 4.78 is 0. The minimum Gasteiger partial charge on any atom is -0.395 e. The summed E-state index contributed by atoms with van der Waals surface area (Å²) in [5.74, 6) is -0.119. The van der Waals surface area contributed by atoms with Crippen LogP contribution in [0.25, 0.3) is 0 Å². The minimum absolute atomic E-state index is 0.0120. The maximum Gasteiger partial charge on any atom is 0.273 e. The Hall–Kier alpha value is -1.14. The molecule has 0 bridgehead atoms. The van der Waals surface area contributed by atoms with Crippen LogP contribution in [-0.4, -0.2) is 40.1 Å². The van der Waals surface area contributed by atoms with Crippen LogP contribution in [-0.2, 0) is 0 Å². The molecule has 1 aliphatic carbocycles. The summed E-state index contributed by atoms with van der Waals surface area (Å²) in [6, 6.07) is 0.266. The number of nitrogen functional groups attached to an aromatic ring is 1. The average molecular weight is 241 g/mol. The largest absolute Gasteiger partial charge is 0.395 e. The normalized spacial score (nSPS) is 15.8. The van der Waals surface area contributed by atoms with E-state index in [4.69, 9.17) is 10.8 Å². The van der Waals surface area contributed by atoms with E-state index in [0.29, 0.717) is 17.4 Å². The van der Waals surface area contributed by atoms with Gasteiger partial charge in [0.05, 0.1) is 6.61 Å². The lowest BCUT2D eigenvalue weighted by atomic mass is 9.91. The molecule has 1 heterocycles. The van der Waals surface area contributed by atoms with E-state index in [9.17, 15) is 4.79 Å². The number of aromatic nitrogens is 1. The molecule has 0 saturated heterocycles. The molecule has 6 heteroatoms. The molecule has 16 heavy (non-hydrogen) atoms. The standard InChI is InChI=1S/C10H15N3O2S/c11-10-12-8(6-16-10)9(15)13(4-5-14)7-2-1-3-7/h6-7,14H,1-5H2,(H2,11,12). The number of nitrogens with two attached hydrogens (primary N) is 1. The molecule has 2 rings (SSSR count). The number of aliphatic hydroxyl groups excluding tert-OH is 1. The molecule has 1 amide bonds. The number of carbonyl (C=O) groups excluding carboxylic acids is 1. The zero-order chi connectivity index (χ0) is 11.5. The number of nitrogens with zero attached hydrogens (tertiary/aromatic N) is 2. The number of amides is 1. The second-order valence-corrected chi connectivity index (χ2v) is 4.77. The first kappa shape index (κ1) is 11.3. The molecule has 5 nitrogen and oxygen atoms in total. The monoisotopic (exact) mass is 241 g/mol. The summed E-state index contributed by atoms with van der Waals surface area (Å²) in [6.07, 6.45) is 3.19. The highest BCUT2D eigenvalue weighted by molar-refractivity contribution is 7.13. The van der Waals surface area contributed by atoms with Gasteiger partial charge in [0.25, 0.3) is 5.91 Å². The Labute approximate surface area is 97.9 Å². The fourth-order valence-electron chi connectivity index (χ4n) is 1.79. The van der Waals surface area contributed by atoms with Crippen molar-refractivity contribution >= 4 is 22.4 Å². The van der Waals surface area contributed by atoms with Crippen molar-refractivity contribution < 1.29 is 9.90 Å². The summed E-state index contributed by atoms with van der Waals surface area (Å²) in [7, 11) is 0. The SMILES string of the molecule is Nc1nc(C(=O)N(CCO)C2CCC2)cs1. The number of hydrogen-bond acceptors (Lipinski definition) is 5. The van der Waals surface area contributed by atoms with E-state index in [2.05, 4.69) is 4.98 Å². The molecule has 0 atom stereocenters. The lowest BCUT2D eigenvalue weighted by molar-refractivity contribution is 0.0521. The predicted molar refractivity (Wildman–Crippen MR) is 62.3 cm³/mol. The quantitative estimate of drug-likeness (QED) is 0.813. The molecule has 1 saturated carbocycles. The van der Waals surface area contributed by atoms with E-state index in [-0.39, 0.29) is 18.6 Å². The molecular formula is C10H15N3O2S. The van der Waals surface area contributed by atoms with Gasteiger partial charge in [-0.25, -0.2) is 4.98 Å². The Morgan fingerprint density at radius 3 is 2.88 bits per heavy atom. The Morgan fingerprint density at radius 1 is 1.69 bits per heavy atom. The van der Waals surface area contributed by atoms with Crippen LogP contribution < -0.4 is 5.73 Å². The number of aliphatic hydroxyl groups is 1. The van der Waals surface area contributed by atoms with Gasteiger partial charge in [-0.1, -0.05) is 0 Å². The Bertz CT molecular complexity index is 376. The van der Waals surface area contributed by atoms with Crippen molar-refractivity contribution in [3.05, 3.63) is 11.1 Å². The highest BCUT2D eigenvalue weighted by Crippen LogP contribution is 2.26. The minimum atomic E-state index is -0.119. The molecule has 1 aliphatic rings. The Balaban J connectivity index is 2.09. The molecule has 1 fully saturated rings. The van der Waals surface area contributed by atoms with Crippen molar-refractivity contribution in [2.75, 3.05) is 18.9 Å². The van der Waals surface area contributed by atoms with Crippen molar-refractivity contribution in [2.45, 2.75) is 25.3 Å². The smallest absolute Gasteiger partial charge is 0.273 e. The zero-order valence-corrected chi connectivity index (χ0v) is 9.74. The average Bonchev–Trinajstić information content (AvgIpc) is 2.60. The molecular weight excluding hydrogens is 226 g/mol. The van der Waals surface area contributed by atoms with Crippen LogP contribution in [0.1, 0.15) is 29.8 Å². The third-order valence-electron chi connectivity index (χ3n) is 2.86. The first-order chi connectivity index (χ1) is 7.72. The molecule has 0 spiro atoms. The van der Waals surface area contributed by atoms with Crippen molar-refractivity contribution in [3.8, 4) is 0 Å². The molecule has 0 unspecified atom stereocenters. The number of hydrogen-bond donors (Lipinski definition) is 2.